The number of aromatic nitrogens is 1. The van der Waals surface area contributed by atoms with Crippen LogP contribution in [0.25, 0.3) is 10.6 Å². The van der Waals surface area contributed by atoms with E-state index < -0.39 is 0 Å². The van der Waals surface area contributed by atoms with Gasteiger partial charge in [0.2, 0.25) is 0 Å². The molecule has 0 aliphatic carbocycles. The van der Waals surface area contributed by atoms with E-state index in [1.165, 1.54) is 29.8 Å². The maximum absolute atomic E-state index is 12.8. The molecule has 1 heterocycles. The predicted octanol–water partition coefficient (Wildman–Crippen LogP) is 4.23. The van der Waals surface area contributed by atoms with Crippen molar-refractivity contribution in [2.24, 2.45) is 0 Å². The number of amides is 1. The van der Waals surface area contributed by atoms with E-state index in [1.54, 1.807) is 11.3 Å². The minimum Gasteiger partial charge on any atom is -0.352 e. The van der Waals surface area contributed by atoms with Crippen LogP contribution in [0.3, 0.4) is 0 Å². The first-order chi connectivity index (χ1) is 11.6. The van der Waals surface area contributed by atoms with Crippen molar-refractivity contribution < 1.29 is 9.18 Å². The largest absolute Gasteiger partial charge is 0.352 e. The third-order valence-electron chi connectivity index (χ3n) is 3.62. The van der Waals surface area contributed by atoms with Gasteiger partial charge in [-0.15, -0.1) is 11.3 Å². The van der Waals surface area contributed by atoms with Crippen molar-refractivity contribution in [2.75, 3.05) is 6.54 Å². The second kappa shape index (κ2) is 7.36. The van der Waals surface area contributed by atoms with Gasteiger partial charge in [-0.25, -0.2) is 9.37 Å². The van der Waals surface area contributed by atoms with Crippen LogP contribution in [-0.4, -0.2) is 17.4 Å². The monoisotopic (exact) mass is 340 g/mol. The number of hydrogen-bond donors (Lipinski definition) is 1. The number of carbonyl (C=O) groups excluding carboxylic acids is 1. The highest BCUT2D eigenvalue weighted by molar-refractivity contribution is 7.13. The molecule has 0 radical (unpaired) electrons. The fourth-order valence-electron chi connectivity index (χ4n) is 2.26. The summed E-state index contributed by atoms with van der Waals surface area (Å²) in [5.41, 5.74) is 3.73. The molecule has 1 N–H and O–H groups in total. The summed E-state index contributed by atoms with van der Waals surface area (Å²) in [5, 5.41) is 5.82. The normalized spacial score (nSPS) is 10.6. The Morgan fingerprint density at radius 3 is 2.54 bits per heavy atom. The minimum atomic E-state index is -0.349. The van der Waals surface area contributed by atoms with Crippen molar-refractivity contribution >= 4 is 17.2 Å². The molecule has 2 aromatic carbocycles. The van der Waals surface area contributed by atoms with Crippen LogP contribution in [0.15, 0.2) is 53.9 Å². The number of nitrogens with zero attached hydrogens (tertiary/aromatic N) is 1. The molecule has 0 atom stereocenters. The van der Waals surface area contributed by atoms with Gasteiger partial charge in [0.05, 0.1) is 5.69 Å². The fraction of sp³-hybridized carbons (Fsp3) is 0.158. The molecule has 1 amide bonds. The van der Waals surface area contributed by atoms with E-state index >= 15 is 0 Å². The molecule has 122 valence electrons. The van der Waals surface area contributed by atoms with Crippen LogP contribution in [0.1, 0.15) is 21.6 Å². The first-order valence-corrected chi connectivity index (χ1v) is 8.55. The summed E-state index contributed by atoms with van der Waals surface area (Å²) >= 11 is 1.60. The third-order valence-corrected chi connectivity index (χ3v) is 4.56. The van der Waals surface area contributed by atoms with Gasteiger partial charge in [-0.2, -0.15) is 0 Å². The Bertz CT molecular complexity index is 825. The van der Waals surface area contributed by atoms with Gasteiger partial charge in [-0.1, -0.05) is 29.8 Å². The SMILES string of the molecule is Cc1ccc(-c2nc(CCNC(=O)c3ccc(F)cc3)cs2)cc1. The smallest absolute Gasteiger partial charge is 0.251 e. The summed E-state index contributed by atoms with van der Waals surface area (Å²) in [6.45, 7) is 2.55. The van der Waals surface area contributed by atoms with E-state index in [2.05, 4.69) is 41.5 Å². The second-order valence-electron chi connectivity index (χ2n) is 5.52. The Kier molecular flexibility index (Phi) is 5.01. The molecule has 1 aromatic heterocycles. The first kappa shape index (κ1) is 16.3. The summed E-state index contributed by atoms with van der Waals surface area (Å²) in [5.74, 6) is -0.554. The van der Waals surface area contributed by atoms with Gasteiger partial charge in [0, 0.05) is 29.5 Å². The van der Waals surface area contributed by atoms with Crippen molar-refractivity contribution in [3.63, 3.8) is 0 Å². The van der Waals surface area contributed by atoms with Crippen molar-refractivity contribution in [2.45, 2.75) is 13.3 Å². The Hall–Kier alpha value is -2.53. The van der Waals surface area contributed by atoms with Crippen LogP contribution in [0.2, 0.25) is 0 Å². The van der Waals surface area contributed by atoms with Crippen LogP contribution >= 0.6 is 11.3 Å². The van der Waals surface area contributed by atoms with Crippen molar-refractivity contribution in [3.05, 3.63) is 76.5 Å². The summed E-state index contributed by atoms with van der Waals surface area (Å²) in [6, 6.07) is 13.8. The first-order valence-electron chi connectivity index (χ1n) is 7.67. The highest BCUT2D eigenvalue weighted by Gasteiger charge is 2.07. The van der Waals surface area contributed by atoms with Gasteiger partial charge in [0.25, 0.3) is 5.91 Å². The van der Waals surface area contributed by atoms with Crippen LogP contribution in [0.4, 0.5) is 4.39 Å². The summed E-state index contributed by atoms with van der Waals surface area (Å²) in [7, 11) is 0. The lowest BCUT2D eigenvalue weighted by atomic mass is 10.2. The van der Waals surface area contributed by atoms with E-state index in [0.717, 1.165) is 16.3 Å². The third kappa shape index (κ3) is 4.06. The van der Waals surface area contributed by atoms with Gasteiger partial charge < -0.3 is 5.32 Å². The molecule has 0 unspecified atom stereocenters. The van der Waals surface area contributed by atoms with E-state index in [0.29, 0.717) is 18.5 Å². The highest BCUT2D eigenvalue weighted by atomic mass is 32.1. The van der Waals surface area contributed by atoms with Gasteiger partial charge in [-0.05, 0) is 31.2 Å². The van der Waals surface area contributed by atoms with Gasteiger partial charge in [-0.3, -0.25) is 4.79 Å². The van der Waals surface area contributed by atoms with E-state index in [9.17, 15) is 9.18 Å². The number of aryl methyl sites for hydroxylation is 1. The number of halogens is 1. The molecule has 0 saturated carbocycles. The number of carbonyl (C=O) groups is 1. The number of nitrogens with one attached hydrogen (secondary N) is 1. The van der Waals surface area contributed by atoms with E-state index in [4.69, 9.17) is 0 Å². The average Bonchev–Trinajstić information content (AvgIpc) is 3.05. The average molecular weight is 340 g/mol. The number of hydrogen-bond acceptors (Lipinski definition) is 3. The molecule has 0 bridgehead atoms. The number of rotatable bonds is 5. The van der Waals surface area contributed by atoms with Crippen LogP contribution in [0, 0.1) is 12.7 Å². The lowest BCUT2D eigenvalue weighted by Gasteiger charge is -2.04. The minimum absolute atomic E-state index is 0.205. The molecule has 0 saturated heterocycles. The Labute approximate surface area is 144 Å². The zero-order chi connectivity index (χ0) is 16.9. The summed E-state index contributed by atoms with van der Waals surface area (Å²) in [4.78, 5) is 16.6. The molecule has 3 nitrogen and oxygen atoms in total. The standard InChI is InChI=1S/C19H17FN2OS/c1-13-2-4-15(5-3-13)19-22-17(12-24-19)10-11-21-18(23)14-6-8-16(20)9-7-14/h2-9,12H,10-11H2,1H3,(H,21,23). The van der Waals surface area contributed by atoms with E-state index in [1.807, 2.05) is 5.38 Å². The molecule has 0 aliphatic rings. The van der Waals surface area contributed by atoms with Crippen molar-refractivity contribution in [1.82, 2.24) is 10.3 Å². The summed E-state index contributed by atoms with van der Waals surface area (Å²) < 4.78 is 12.8. The topological polar surface area (TPSA) is 42.0 Å². The van der Waals surface area contributed by atoms with Crippen LogP contribution < -0.4 is 5.32 Å². The van der Waals surface area contributed by atoms with Crippen LogP contribution in [-0.2, 0) is 6.42 Å². The molecule has 5 heteroatoms. The van der Waals surface area contributed by atoms with Crippen LogP contribution in [0.5, 0.6) is 0 Å². The zero-order valence-electron chi connectivity index (χ0n) is 13.3. The lowest BCUT2D eigenvalue weighted by Crippen LogP contribution is -2.25. The van der Waals surface area contributed by atoms with E-state index in [-0.39, 0.29) is 11.7 Å². The molecule has 3 rings (SSSR count). The molecule has 0 fully saturated rings. The molecular weight excluding hydrogens is 323 g/mol. The fourth-order valence-corrected chi connectivity index (χ4v) is 3.12. The summed E-state index contributed by atoms with van der Waals surface area (Å²) in [6.07, 6.45) is 0.662. The molecule has 0 spiro atoms. The second-order valence-corrected chi connectivity index (χ2v) is 6.38. The molecule has 24 heavy (non-hydrogen) atoms. The predicted molar refractivity (Wildman–Crippen MR) is 94.7 cm³/mol. The maximum atomic E-state index is 12.8. The van der Waals surface area contributed by atoms with Crippen molar-refractivity contribution in [1.29, 1.82) is 0 Å². The quantitative estimate of drug-likeness (QED) is 0.755. The molecular formula is C19H17FN2OS. The highest BCUT2D eigenvalue weighted by Crippen LogP contribution is 2.24. The van der Waals surface area contributed by atoms with Gasteiger partial charge in [0.1, 0.15) is 10.8 Å². The Balaban J connectivity index is 1.55. The van der Waals surface area contributed by atoms with Gasteiger partial charge in [0.15, 0.2) is 0 Å². The Morgan fingerprint density at radius 1 is 1.12 bits per heavy atom. The Morgan fingerprint density at radius 2 is 1.83 bits per heavy atom. The van der Waals surface area contributed by atoms with Gasteiger partial charge >= 0.3 is 0 Å². The van der Waals surface area contributed by atoms with Crippen molar-refractivity contribution in [3.8, 4) is 10.6 Å². The maximum Gasteiger partial charge on any atom is 0.251 e. The molecule has 3 aromatic rings. The number of thiazole rings is 1. The lowest BCUT2D eigenvalue weighted by molar-refractivity contribution is 0.0954. The zero-order valence-corrected chi connectivity index (χ0v) is 14.1. The molecule has 0 aliphatic heterocycles. The number of benzene rings is 2.